The van der Waals surface area contributed by atoms with E-state index in [0.29, 0.717) is 11.4 Å². The third kappa shape index (κ3) is 4.27. The molecule has 25 heavy (non-hydrogen) atoms. The van der Waals surface area contributed by atoms with Crippen molar-refractivity contribution in [2.45, 2.75) is 13.3 Å². The second kappa shape index (κ2) is 7.23. The van der Waals surface area contributed by atoms with Crippen molar-refractivity contribution in [3.8, 4) is 10.6 Å². The lowest BCUT2D eigenvalue weighted by atomic mass is 10.2. The highest BCUT2D eigenvalue weighted by atomic mass is 32.1. The molecule has 6 nitrogen and oxygen atoms in total. The van der Waals surface area contributed by atoms with Gasteiger partial charge in [0.15, 0.2) is 0 Å². The van der Waals surface area contributed by atoms with Gasteiger partial charge in [-0.1, -0.05) is 29.8 Å². The molecule has 1 heterocycles. The molecular weight excluding hydrogens is 338 g/mol. The van der Waals surface area contributed by atoms with Crippen LogP contribution in [0.4, 0.5) is 11.4 Å². The largest absolute Gasteiger partial charge is 0.326 e. The molecule has 0 aliphatic rings. The monoisotopic (exact) mass is 353 g/mol. The highest BCUT2D eigenvalue weighted by molar-refractivity contribution is 7.13. The summed E-state index contributed by atoms with van der Waals surface area (Å²) in [6.07, 6.45) is 0.152. The number of nitrogens with zero attached hydrogens (tertiary/aromatic N) is 2. The van der Waals surface area contributed by atoms with E-state index in [9.17, 15) is 14.9 Å². The summed E-state index contributed by atoms with van der Waals surface area (Å²) in [5.74, 6) is -0.213. The number of aryl methyl sites for hydroxylation is 1. The maximum Gasteiger partial charge on any atom is 0.269 e. The van der Waals surface area contributed by atoms with E-state index in [1.54, 1.807) is 0 Å². The summed E-state index contributed by atoms with van der Waals surface area (Å²) in [7, 11) is 0. The first-order valence-electron chi connectivity index (χ1n) is 7.57. The van der Waals surface area contributed by atoms with Gasteiger partial charge in [0, 0.05) is 28.8 Å². The molecule has 126 valence electrons. The Hall–Kier alpha value is -3.06. The standard InChI is InChI=1S/C18H15N3O3S/c1-12-2-4-13(5-3-12)18-20-15(11-25-18)10-17(22)19-14-6-8-16(9-7-14)21(23)24/h2-9,11H,10H2,1H3,(H,19,22). The number of nitro benzene ring substituents is 1. The molecule has 1 N–H and O–H groups in total. The fourth-order valence-electron chi connectivity index (χ4n) is 2.25. The van der Waals surface area contributed by atoms with Crippen molar-refractivity contribution in [1.82, 2.24) is 4.98 Å². The second-order valence-electron chi connectivity index (χ2n) is 5.54. The molecule has 1 amide bonds. The fraction of sp³-hybridized carbons (Fsp3) is 0.111. The van der Waals surface area contributed by atoms with E-state index in [0.717, 1.165) is 10.6 Å². The van der Waals surface area contributed by atoms with Gasteiger partial charge in [-0.05, 0) is 19.1 Å². The van der Waals surface area contributed by atoms with Gasteiger partial charge in [0.05, 0.1) is 17.0 Å². The minimum absolute atomic E-state index is 0.0137. The summed E-state index contributed by atoms with van der Waals surface area (Å²) in [5.41, 5.74) is 3.41. The average Bonchev–Trinajstić information content (AvgIpc) is 3.04. The smallest absolute Gasteiger partial charge is 0.269 e. The summed E-state index contributed by atoms with van der Waals surface area (Å²) in [6.45, 7) is 2.03. The number of hydrogen-bond donors (Lipinski definition) is 1. The number of rotatable bonds is 5. The van der Waals surface area contributed by atoms with Gasteiger partial charge in [-0.15, -0.1) is 11.3 Å². The number of nitro groups is 1. The summed E-state index contributed by atoms with van der Waals surface area (Å²) in [5, 5.41) is 16.1. The van der Waals surface area contributed by atoms with Crippen molar-refractivity contribution in [2.75, 3.05) is 5.32 Å². The van der Waals surface area contributed by atoms with E-state index in [1.807, 2.05) is 36.6 Å². The first-order chi connectivity index (χ1) is 12.0. The van der Waals surface area contributed by atoms with Gasteiger partial charge in [0.2, 0.25) is 5.91 Å². The number of benzene rings is 2. The third-order valence-corrected chi connectivity index (χ3v) is 4.49. The van der Waals surface area contributed by atoms with Crippen LogP contribution in [0.2, 0.25) is 0 Å². The van der Waals surface area contributed by atoms with E-state index < -0.39 is 4.92 Å². The molecule has 0 saturated carbocycles. The first kappa shape index (κ1) is 16.8. The number of amides is 1. The Morgan fingerprint density at radius 3 is 2.48 bits per heavy atom. The number of carbonyl (C=O) groups is 1. The van der Waals surface area contributed by atoms with Crippen molar-refractivity contribution in [3.05, 3.63) is 75.3 Å². The summed E-state index contributed by atoms with van der Waals surface area (Å²) in [6, 6.07) is 13.8. The molecule has 0 saturated heterocycles. The molecule has 0 fully saturated rings. The van der Waals surface area contributed by atoms with Crippen LogP contribution in [-0.2, 0) is 11.2 Å². The molecule has 2 aromatic carbocycles. The van der Waals surface area contributed by atoms with Crippen LogP contribution in [0.1, 0.15) is 11.3 Å². The number of nitrogens with one attached hydrogen (secondary N) is 1. The number of anilines is 1. The van der Waals surface area contributed by atoms with Gasteiger partial charge in [0.1, 0.15) is 5.01 Å². The van der Waals surface area contributed by atoms with Crippen LogP contribution in [0.25, 0.3) is 10.6 Å². The molecule has 0 aliphatic carbocycles. The zero-order chi connectivity index (χ0) is 17.8. The van der Waals surface area contributed by atoms with Gasteiger partial charge < -0.3 is 5.32 Å². The van der Waals surface area contributed by atoms with Crippen LogP contribution >= 0.6 is 11.3 Å². The average molecular weight is 353 g/mol. The van der Waals surface area contributed by atoms with E-state index in [-0.39, 0.29) is 18.0 Å². The topological polar surface area (TPSA) is 85.1 Å². The van der Waals surface area contributed by atoms with Crippen LogP contribution in [0, 0.1) is 17.0 Å². The third-order valence-electron chi connectivity index (χ3n) is 3.55. The first-order valence-corrected chi connectivity index (χ1v) is 8.45. The van der Waals surface area contributed by atoms with Crippen molar-refractivity contribution in [3.63, 3.8) is 0 Å². The molecule has 0 radical (unpaired) electrons. The van der Waals surface area contributed by atoms with Crippen molar-refractivity contribution in [2.24, 2.45) is 0 Å². The second-order valence-corrected chi connectivity index (χ2v) is 6.40. The Balaban J connectivity index is 1.63. The van der Waals surface area contributed by atoms with Crippen LogP contribution < -0.4 is 5.32 Å². The molecular formula is C18H15N3O3S. The summed E-state index contributed by atoms with van der Waals surface area (Å²) >= 11 is 1.50. The molecule has 0 unspecified atom stereocenters. The fourth-order valence-corrected chi connectivity index (χ4v) is 3.08. The molecule has 0 aliphatic heterocycles. The van der Waals surface area contributed by atoms with Crippen molar-refractivity contribution in [1.29, 1.82) is 0 Å². The predicted octanol–water partition coefficient (Wildman–Crippen LogP) is 4.21. The van der Waals surface area contributed by atoms with Crippen molar-refractivity contribution < 1.29 is 9.72 Å². The van der Waals surface area contributed by atoms with E-state index in [1.165, 1.54) is 41.2 Å². The van der Waals surface area contributed by atoms with Crippen LogP contribution in [0.5, 0.6) is 0 Å². The van der Waals surface area contributed by atoms with Gasteiger partial charge in [-0.3, -0.25) is 14.9 Å². The van der Waals surface area contributed by atoms with Gasteiger partial charge in [-0.2, -0.15) is 0 Å². The maximum atomic E-state index is 12.1. The lowest BCUT2D eigenvalue weighted by Crippen LogP contribution is -2.14. The zero-order valence-corrected chi connectivity index (χ0v) is 14.2. The lowest BCUT2D eigenvalue weighted by molar-refractivity contribution is -0.384. The number of thiazole rings is 1. The molecule has 0 spiro atoms. The Labute approximate surface area is 148 Å². The minimum atomic E-state index is -0.479. The van der Waals surface area contributed by atoms with E-state index >= 15 is 0 Å². The molecule has 3 rings (SSSR count). The highest BCUT2D eigenvalue weighted by Gasteiger charge is 2.10. The SMILES string of the molecule is Cc1ccc(-c2nc(CC(=O)Nc3ccc([N+](=O)[O-])cc3)cs2)cc1. The molecule has 3 aromatic rings. The minimum Gasteiger partial charge on any atom is -0.326 e. The van der Waals surface area contributed by atoms with Crippen LogP contribution in [0.15, 0.2) is 53.9 Å². The van der Waals surface area contributed by atoms with Gasteiger partial charge in [0.25, 0.3) is 5.69 Å². The molecule has 7 heteroatoms. The van der Waals surface area contributed by atoms with E-state index in [2.05, 4.69) is 10.3 Å². The Morgan fingerprint density at radius 2 is 1.84 bits per heavy atom. The molecule has 0 bridgehead atoms. The predicted molar refractivity (Wildman–Crippen MR) is 97.7 cm³/mol. The number of non-ortho nitro benzene ring substituents is 1. The van der Waals surface area contributed by atoms with Crippen LogP contribution in [-0.4, -0.2) is 15.8 Å². The number of carbonyl (C=O) groups excluding carboxylic acids is 1. The highest BCUT2D eigenvalue weighted by Crippen LogP contribution is 2.24. The normalized spacial score (nSPS) is 10.4. The Bertz CT molecular complexity index is 902. The number of aromatic nitrogens is 1. The van der Waals surface area contributed by atoms with Crippen LogP contribution in [0.3, 0.4) is 0 Å². The van der Waals surface area contributed by atoms with E-state index in [4.69, 9.17) is 0 Å². The summed E-state index contributed by atoms with van der Waals surface area (Å²) in [4.78, 5) is 26.8. The maximum absolute atomic E-state index is 12.1. The summed E-state index contributed by atoms with van der Waals surface area (Å²) < 4.78 is 0. The van der Waals surface area contributed by atoms with Crippen molar-refractivity contribution >= 4 is 28.6 Å². The van der Waals surface area contributed by atoms with Gasteiger partial charge in [-0.25, -0.2) is 4.98 Å². The quantitative estimate of drug-likeness (QED) is 0.550. The molecule has 0 atom stereocenters. The zero-order valence-electron chi connectivity index (χ0n) is 13.4. The number of hydrogen-bond acceptors (Lipinski definition) is 5. The Kier molecular flexibility index (Phi) is 4.85. The lowest BCUT2D eigenvalue weighted by Gasteiger charge is -2.03. The molecule has 1 aromatic heterocycles. The van der Waals surface area contributed by atoms with Gasteiger partial charge >= 0.3 is 0 Å². The Morgan fingerprint density at radius 1 is 1.16 bits per heavy atom.